The third-order valence-electron chi connectivity index (χ3n) is 7.48. The lowest BCUT2D eigenvalue weighted by atomic mass is 9.72. The molecular formula is C25H48. The van der Waals surface area contributed by atoms with Crippen LogP contribution in [-0.2, 0) is 0 Å². The number of rotatable bonds is 3. The Bertz CT molecular complexity index is 242. The van der Waals surface area contributed by atoms with Gasteiger partial charge in [0, 0.05) is 0 Å². The first kappa shape index (κ1) is 21.3. The Kier molecular flexibility index (Phi) is 12.0. The molecule has 0 bridgehead atoms. The molecule has 0 aliphatic heterocycles. The highest BCUT2D eigenvalue weighted by molar-refractivity contribution is 4.78. The third-order valence-corrected chi connectivity index (χ3v) is 7.48. The lowest BCUT2D eigenvalue weighted by molar-refractivity contribution is 0.166. The van der Waals surface area contributed by atoms with Crippen LogP contribution in [0.4, 0.5) is 0 Å². The molecular weight excluding hydrogens is 300 g/mol. The Labute approximate surface area is 159 Å². The van der Waals surface area contributed by atoms with Crippen molar-refractivity contribution in [2.75, 3.05) is 0 Å². The number of hydrogen-bond donors (Lipinski definition) is 0. The topological polar surface area (TPSA) is 0 Å². The Balaban J connectivity index is 1.93. The van der Waals surface area contributed by atoms with Gasteiger partial charge in [-0.2, -0.15) is 0 Å². The molecule has 0 amide bonds. The maximum atomic E-state index is 2.51. The van der Waals surface area contributed by atoms with E-state index in [1.807, 2.05) is 0 Å². The molecule has 0 aromatic heterocycles. The van der Waals surface area contributed by atoms with Crippen molar-refractivity contribution in [3.8, 4) is 0 Å². The summed E-state index contributed by atoms with van der Waals surface area (Å²) in [5.74, 6) is 3.15. The Hall–Kier alpha value is 0. The van der Waals surface area contributed by atoms with Crippen molar-refractivity contribution in [2.45, 2.75) is 142 Å². The van der Waals surface area contributed by atoms with Gasteiger partial charge in [0.2, 0.25) is 0 Å². The Morgan fingerprint density at radius 2 is 0.680 bits per heavy atom. The summed E-state index contributed by atoms with van der Waals surface area (Å²) in [7, 11) is 0. The summed E-state index contributed by atoms with van der Waals surface area (Å²) in [5, 5.41) is 0. The van der Waals surface area contributed by atoms with Crippen LogP contribution in [0.3, 0.4) is 0 Å². The highest BCUT2D eigenvalue weighted by Gasteiger charge is 2.27. The SMILES string of the molecule is CCC(C1CCCCCCCCCC1)C1CCCCCCCCCC1. The van der Waals surface area contributed by atoms with Gasteiger partial charge in [0.15, 0.2) is 0 Å². The van der Waals surface area contributed by atoms with E-state index in [1.165, 1.54) is 109 Å². The summed E-state index contributed by atoms with van der Waals surface area (Å²) in [6.45, 7) is 2.51. The molecule has 0 N–H and O–H groups in total. The highest BCUT2D eigenvalue weighted by atomic mass is 14.3. The van der Waals surface area contributed by atoms with Crippen LogP contribution in [0.5, 0.6) is 0 Å². The summed E-state index contributed by atoms with van der Waals surface area (Å²) in [6, 6.07) is 0. The summed E-state index contributed by atoms with van der Waals surface area (Å²) >= 11 is 0. The zero-order valence-corrected chi connectivity index (χ0v) is 17.6. The first-order chi connectivity index (χ1) is 12.4. The van der Waals surface area contributed by atoms with Gasteiger partial charge in [0.05, 0.1) is 0 Å². The van der Waals surface area contributed by atoms with E-state index in [0.29, 0.717) is 0 Å². The Morgan fingerprint density at radius 1 is 0.440 bits per heavy atom. The molecule has 0 aromatic carbocycles. The van der Waals surface area contributed by atoms with Crippen LogP contribution in [0.15, 0.2) is 0 Å². The lowest BCUT2D eigenvalue weighted by Gasteiger charge is -2.34. The van der Waals surface area contributed by atoms with Crippen LogP contribution in [0, 0.1) is 17.8 Å². The molecule has 0 saturated heterocycles. The van der Waals surface area contributed by atoms with Crippen molar-refractivity contribution in [1.29, 1.82) is 0 Å². The van der Waals surface area contributed by atoms with Crippen LogP contribution in [0.25, 0.3) is 0 Å². The molecule has 0 unspecified atom stereocenters. The zero-order valence-electron chi connectivity index (χ0n) is 17.6. The van der Waals surface area contributed by atoms with E-state index in [-0.39, 0.29) is 0 Å². The molecule has 0 heterocycles. The van der Waals surface area contributed by atoms with Gasteiger partial charge < -0.3 is 0 Å². The van der Waals surface area contributed by atoms with Gasteiger partial charge in [-0.1, -0.05) is 142 Å². The minimum absolute atomic E-state index is 1.04. The van der Waals surface area contributed by atoms with Crippen molar-refractivity contribution in [1.82, 2.24) is 0 Å². The van der Waals surface area contributed by atoms with Gasteiger partial charge in [-0.15, -0.1) is 0 Å². The molecule has 0 aromatic rings. The summed E-state index contributed by atoms with van der Waals surface area (Å²) in [6.07, 6.45) is 31.8. The normalized spacial score (nSPS) is 25.2. The molecule has 0 radical (unpaired) electrons. The molecule has 0 nitrogen and oxygen atoms in total. The average molecular weight is 349 g/mol. The maximum absolute atomic E-state index is 2.51. The largest absolute Gasteiger partial charge is 0.0651 e. The van der Waals surface area contributed by atoms with Crippen LogP contribution in [0.2, 0.25) is 0 Å². The van der Waals surface area contributed by atoms with E-state index in [2.05, 4.69) is 6.92 Å². The molecule has 2 rings (SSSR count). The van der Waals surface area contributed by atoms with Gasteiger partial charge in [0.25, 0.3) is 0 Å². The second-order valence-electron chi connectivity index (χ2n) is 9.40. The average Bonchev–Trinajstić information content (AvgIpc) is 2.73. The first-order valence-corrected chi connectivity index (χ1v) is 12.4. The van der Waals surface area contributed by atoms with E-state index >= 15 is 0 Å². The molecule has 0 atom stereocenters. The fourth-order valence-corrected chi connectivity index (χ4v) is 5.94. The van der Waals surface area contributed by atoms with Crippen molar-refractivity contribution in [3.05, 3.63) is 0 Å². The lowest BCUT2D eigenvalue weighted by Crippen LogP contribution is -2.24. The molecule has 2 aliphatic carbocycles. The maximum Gasteiger partial charge on any atom is -0.0360 e. The smallest absolute Gasteiger partial charge is 0.0360 e. The second-order valence-corrected chi connectivity index (χ2v) is 9.40. The second kappa shape index (κ2) is 14.1. The van der Waals surface area contributed by atoms with E-state index in [4.69, 9.17) is 0 Å². The summed E-state index contributed by atoms with van der Waals surface area (Å²) in [4.78, 5) is 0. The van der Waals surface area contributed by atoms with Crippen LogP contribution < -0.4 is 0 Å². The number of hydrogen-bond acceptors (Lipinski definition) is 0. The third kappa shape index (κ3) is 8.96. The van der Waals surface area contributed by atoms with Crippen LogP contribution >= 0.6 is 0 Å². The van der Waals surface area contributed by atoms with E-state index in [0.717, 1.165) is 17.8 Å². The Morgan fingerprint density at radius 3 is 0.920 bits per heavy atom. The van der Waals surface area contributed by atoms with Crippen molar-refractivity contribution < 1.29 is 0 Å². The minimum atomic E-state index is 1.04. The van der Waals surface area contributed by atoms with Crippen LogP contribution in [-0.4, -0.2) is 0 Å². The van der Waals surface area contributed by atoms with Gasteiger partial charge >= 0.3 is 0 Å². The van der Waals surface area contributed by atoms with E-state index < -0.39 is 0 Å². The molecule has 2 aliphatic rings. The molecule has 148 valence electrons. The molecule has 0 heteroatoms. The fourth-order valence-electron chi connectivity index (χ4n) is 5.94. The molecule has 0 spiro atoms. The zero-order chi connectivity index (χ0) is 17.6. The van der Waals surface area contributed by atoms with Gasteiger partial charge in [-0.25, -0.2) is 0 Å². The van der Waals surface area contributed by atoms with E-state index in [1.54, 1.807) is 25.7 Å². The first-order valence-electron chi connectivity index (χ1n) is 12.4. The predicted octanol–water partition coefficient (Wildman–Crippen LogP) is 9.07. The standard InChI is InChI=1S/C25H48/c1-2-25(23-19-15-11-7-3-4-8-12-16-20-23)24-21-17-13-9-5-6-10-14-18-22-24/h23-25H,2-22H2,1H3. The van der Waals surface area contributed by atoms with E-state index in [9.17, 15) is 0 Å². The highest BCUT2D eigenvalue weighted by Crippen LogP contribution is 2.38. The molecule has 2 fully saturated rings. The summed E-state index contributed by atoms with van der Waals surface area (Å²) < 4.78 is 0. The van der Waals surface area contributed by atoms with Gasteiger partial charge in [0.1, 0.15) is 0 Å². The monoisotopic (exact) mass is 348 g/mol. The van der Waals surface area contributed by atoms with Crippen molar-refractivity contribution in [3.63, 3.8) is 0 Å². The van der Waals surface area contributed by atoms with Crippen molar-refractivity contribution >= 4 is 0 Å². The summed E-state index contributed by atoms with van der Waals surface area (Å²) in [5.41, 5.74) is 0. The quantitative estimate of drug-likeness (QED) is 0.477. The van der Waals surface area contributed by atoms with Crippen LogP contribution in [0.1, 0.15) is 142 Å². The van der Waals surface area contributed by atoms with Gasteiger partial charge in [-0.3, -0.25) is 0 Å². The minimum Gasteiger partial charge on any atom is -0.0651 e. The van der Waals surface area contributed by atoms with Crippen molar-refractivity contribution in [2.24, 2.45) is 17.8 Å². The molecule has 2 saturated carbocycles. The predicted molar refractivity (Wildman–Crippen MR) is 113 cm³/mol. The van der Waals surface area contributed by atoms with Gasteiger partial charge in [-0.05, 0) is 17.8 Å². The molecule has 25 heavy (non-hydrogen) atoms. The fraction of sp³-hybridized carbons (Fsp3) is 1.00.